The minimum absolute atomic E-state index is 0. The number of halogens is 2. The molecule has 3 rings (SSSR count). The topological polar surface area (TPSA) is 76.8 Å². The summed E-state index contributed by atoms with van der Waals surface area (Å²) in [7, 11) is 3.28. The van der Waals surface area contributed by atoms with Gasteiger partial charge in [-0.1, -0.05) is 30.3 Å². The number of benzene rings is 2. The van der Waals surface area contributed by atoms with Crippen molar-refractivity contribution in [3.05, 3.63) is 54.1 Å². The van der Waals surface area contributed by atoms with Crippen LogP contribution in [0.4, 0.5) is 5.69 Å². The van der Waals surface area contributed by atoms with Gasteiger partial charge in [0.2, 0.25) is 5.91 Å². The van der Waals surface area contributed by atoms with Gasteiger partial charge in [0.05, 0.1) is 14.2 Å². The highest BCUT2D eigenvalue weighted by Gasteiger charge is 2.27. The number of rotatable bonds is 6. The lowest BCUT2D eigenvalue weighted by Crippen LogP contribution is -2.45. The molecule has 1 unspecified atom stereocenters. The Balaban J connectivity index is 0.00000210. The minimum atomic E-state index is -0.599. The van der Waals surface area contributed by atoms with Gasteiger partial charge in [-0.3, -0.25) is 4.79 Å². The molecule has 8 heteroatoms. The van der Waals surface area contributed by atoms with Gasteiger partial charge in [0, 0.05) is 43.0 Å². The smallest absolute Gasteiger partial charge is 0.244 e. The minimum Gasteiger partial charge on any atom is -0.497 e. The van der Waals surface area contributed by atoms with Crippen LogP contribution in [-0.2, 0) is 4.79 Å². The maximum Gasteiger partial charge on any atom is 0.244 e. The number of carbonyl (C=O) groups excluding carboxylic acids is 1. The lowest BCUT2D eigenvalue weighted by Gasteiger charge is -2.34. The molecular weight excluding hydrogens is 413 g/mol. The van der Waals surface area contributed by atoms with E-state index in [4.69, 9.17) is 15.2 Å². The van der Waals surface area contributed by atoms with Crippen molar-refractivity contribution in [1.29, 1.82) is 0 Å². The first-order valence-corrected chi connectivity index (χ1v) is 9.19. The Morgan fingerprint density at radius 3 is 2.10 bits per heavy atom. The van der Waals surface area contributed by atoms with Crippen LogP contribution in [0.5, 0.6) is 11.5 Å². The number of methoxy groups -OCH3 is 2. The monoisotopic (exact) mass is 441 g/mol. The first-order valence-electron chi connectivity index (χ1n) is 9.19. The number of piperidine rings is 1. The molecule has 1 heterocycles. The van der Waals surface area contributed by atoms with Gasteiger partial charge in [-0.25, -0.2) is 0 Å². The van der Waals surface area contributed by atoms with Crippen LogP contribution in [-0.4, -0.2) is 44.2 Å². The van der Waals surface area contributed by atoms with Crippen LogP contribution in [0.15, 0.2) is 48.5 Å². The van der Waals surface area contributed by atoms with Crippen molar-refractivity contribution in [2.45, 2.75) is 24.9 Å². The van der Waals surface area contributed by atoms with Crippen molar-refractivity contribution < 1.29 is 14.3 Å². The van der Waals surface area contributed by atoms with Gasteiger partial charge in [-0.2, -0.15) is 0 Å². The average Bonchev–Trinajstić information content (AvgIpc) is 2.73. The zero-order valence-electron chi connectivity index (χ0n) is 16.7. The van der Waals surface area contributed by atoms with Crippen LogP contribution in [0.2, 0.25) is 0 Å². The van der Waals surface area contributed by atoms with E-state index in [0.29, 0.717) is 19.1 Å². The van der Waals surface area contributed by atoms with E-state index < -0.39 is 6.04 Å². The van der Waals surface area contributed by atoms with Crippen molar-refractivity contribution in [2.75, 3.05) is 32.6 Å². The quantitative estimate of drug-likeness (QED) is 0.714. The fourth-order valence-corrected chi connectivity index (χ4v) is 3.37. The molecule has 160 valence electrons. The van der Waals surface area contributed by atoms with E-state index in [1.165, 1.54) is 0 Å². The molecule has 1 aliphatic heterocycles. The van der Waals surface area contributed by atoms with Crippen LogP contribution in [0.25, 0.3) is 0 Å². The van der Waals surface area contributed by atoms with E-state index in [0.717, 1.165) is 35.6 Å². The number of carbonyl (C=O) groups is 1. The van der Waals surface area contributed by atoms with Crippen molar-refractivity contribution >= 4 is 36.4 Å². The Labute approximate surface area is 184 Å². The highest BCUT2D eigenvalue weighted by Crippen LogP contribution is 2.27. The van der Waals surface area contributed by atoms with E-state index in [-0.39, 0.29) is 30.7 Å². The summed E-state index contributed by atoms with van der Waals surface area (Å²) in [6, 6.07) is 15.0. The summed E-state index contributed by atoms with van der Waals surface area (Å²) >= 11 is 0. The summed E-state index contributed by atoms with van der Waals surface area (Å²) in [5.74, 6) is 1.49. The summed E-state index contributed by atoms with van der Waals surface area (Å²) in [6.07, 6.45) is 1.74. The van der Waals surface area contributed by atoms with Crippen molar-refractivity contribution in [3.63, 3.8) is 0 Å². The molecule has 1 amide bonds. The third kappa shape index (κ3) is 6.42. The van der Waals surface area contributed by atoms with Gasteiger partial charge < -0.3 is 25.4 Å². The molecular formula is C21H29Cl2N3O3. The molecule has 6 nitrogen and oxygen atoms in total. The Hall–Kier alpha value is -2.15. The Morgan fingerprint density at radius 1 is 1.03 bits per heavy atom. The molecule has 1 fully saturated rings. The lowest BCUT2D eigenvalue weighted by atomic mass is 10.0. The molecule has 29 heavy (non-hydrogen) atoms. The van der Waals surface area contributed by atoms with E-state index in [9.17, 15) is 4.79 Å². The summed E-state index contributed by atoms with van der Waals surface area (Å²) in [6.45, 7) is 1.39. The molecule has 1 saturated heterocycles. The molecule has 0 aromatic heterocycles. The zero-order valence-corrected chi connectivity index (χ0v) is 18.3. The number of anilines is 1. The molecule has 0 spiro atoms. The molecule has 0 bridgehead atoms. The third-order valence-electron chi connectivity index (χ3n) is 4.95. The Kier molecular flexibility index (Phi) is 10.1. The number of ether oxygens (including phenoxy) is 2. The fraction of sp³-hybridized carbons (Fsp3) is 0.381. The van der Waals surface area contributed by atoms with Crippen LogP contribution < -0.4 is 20.5 Å². The highest BCUT2D eigenvalue weighted by molar-refractivity contribution is 5.85. The molecule has 2 aromatic carbocycles. The number of nitrogens with zero attached hydrogens (tertiary/aromatic N) is 1. The van der Waals surface area contributed by atoms with E-state index >= 15 is 0 Å². The highest BCUT2D eigenvalue weighted by atomic mass is 35.5. The summed E-state index contributed by atoms with van der Waals surface area (Å²) in [5, 5.41) is 3.52. The summed E-state index contributed by atoms with van der Waals surface area (Å²) in [4.78, 5) is 14.5. The van der Waals surface area contributed by atoms with Crippen LogP contribution in [0.3, 0.4) is 0 Å². The second kappa shape index (κ2) is 11.8. The predicted molar refractivity (Wildman–Crippen MR) is 121 cm³/mol. The van der Waals surface area contributed by atoms with Crippen molar-refractivity contribution in [1.82, 2.24) is 4.90 Å². The van der Waals surface area contributed by atoms with E-state index in [2.05, 4.69) is 5.32 Å². The van der Waals surface area contributed by atoms with Gasteiger partial charge in [-0.05, 0) is 18.4 Å². The molecule has 0 saturated carbocycles. The second-order valence-corrected chi connectivity index (χ2v) is 6.73. The Morgan fingerprint density at radius 2 is 1.59 bits per heavy atom. The van der Waals surface area contributed by atoms with E-state index in [1.807, 2.05) is 53.4 Å². The molecule has 1 atom stereocenters. The summed E-state index contributed by atoms with van der Waals surface area (Å²) in [5.41, 5.74) is 7.97. The number of hydrogen-bond acceptors (Lipinski definition) is 5. The maximum atomic E-state index is 12.7. The first-order chi connectivity index (χ1) is 13.1. The van der Waals surface area contributed by atoms with Crippen LogP contribution in [0.1, 0.15) is 24.4 Å². The first kappa shape index (κ1) is 24.9. The number of hydrogen-bond donors (Lipinski definition) is 2. The number of likely N-dealkylation sites (tertiary alicyclic amines) is 1. The largest absolute Gasteiger partial charge is 0.497 e. The molecule has 3 N–H and O–H groups in total. The van der Waals surface area contributed by atoms with Crippen molar-refractivity contribution in [3.8, 4) is 11.5 Å². The zero-order chi connectivity index (χ0) is 19.2. The van der Waals surface area contributed by atoms with Crippen molar-refractivity contribution in [2.24, 2.45) is 5.73 Å². The van der Waals surface area contributed by atoms with Gasteiger partial charge in [-0.15, -0.1) is 24.8 Å². The van der Waals surface area contributed by atoms with Crippen LogP contribution in [0, 0.1) is 0 Å². The maximum absolute atomic E-state index is 12.7. The van der Waals surface area contributed by atoms with Gasteiger partial charge in [0.25, 0.3) is 0 Å². The normalized spacial score (nSPS) is 14.8. The lowest BCUT2D eigenvalue weighted by molar-refractivity contribution is -0.133. The van der Waals surface area contributed by atoms with Gasteiger partial charge in [0.15, 0.2) is 0 Å². The fourth-order valence-electron chi connectivity index (χ4n) is 3.37. The number of nitrogens with one attached hydrogen (secondary N) is 1. The molecule has 2 aromatic rings. The molecule has 1 aliphatic rings. The SMILES string of the molecule is COc1cc(NC2CCN(C(=O)C(N)c3ccccc3)CC2)cc(OC)c1.Cl.Cl. The second-order valence-electron chi connectivity index (χ2n) is 6.73. The number of amides is 1. The third-order valence-corrected chi connectivity index (χ3v) is 4.95. The van der Waals surface area contributed by atoms with Crippen LogP contribution >= 0.6 is 24.8 Å². The standard InChI is InChI=1S/C21H27N3O3.2ClH/c1-26-18-12-17(13-19(14-18)27-2)23-16-8-10-24(11-9-16)21(25)20(22)15-6-4-3-5-7-15;;/h3-7,12-14,16,20,23H,8-11,22H2,1-2H3;2*1H. The molecule has 0 radical (unpaired) electrons. The van der Waals surface area contributed by atoms with Gasteiger partial charge in [0.1, 0.15) is 17.5 Å². The Bertz CT molecular complexity index is 747. The number of nitrogens with two attached hydrogens (primary N) is 1. The predicted octanol–water partition coefficient (Wildman–Crippen LogP) is 3.65. The van der Waals surface area contributed by atoms with E-state index in [1.54, 1.807) is 14.2 Å². The average molecular weight is 442 g/mol. The summed E-state index contributed by atoms with van der Waals surface area (Å²) < 4.78 is 10.6. The van der Waals surface area contributed by atoms with Gasteiger partial charge >= 0.3 is 0 Å². The molecule has 0 aliphatic carbocycles.